The van der Waals surface area contributed by atoms with E-state index < -0.39 is 0 Å². The number of likely N-dealkylation sites (N-methyl/N-ethyl adjacent to an activating group) is 1. The minimum atomic E-state index is 0.0805. The van der Waals surface area contributed by atoms with E-state index in [0.717, 1.165) is 18.7 Å². The van der Waals surface area contributed by atoms with Crippen LogP contribution in [0.2, 0.25) is 0 Å². The van der Waals surface area contributed by atoms with Gasteiger partial charge in [-0.15, -0.1) is 0 Å². The number of para-hydroxylation sites is 1. The van der Waals surface area contributed by atoms with Gasteiger partial charge in [-0.2, -0.15) is 0 Å². The van der Waals surface area contributed by atoms with Gasteiger partial charge in [0.1, 0.15) is 0 Å². The summed E-state index contributed by atoms with van der Waals surface area (Å²) in [6.07, 6.45) is 1.27. The van der Waals surface area contributed by atoms with Gasteiger partial charge in [0.25, 0.3) is 0 Å². The Morgan fingerprint density at radius 1 is 1.35 bits per heavy atom. The third kappa shape index (κ3) is 5.36. The quantitative estimate of drug-likeness (QED) is 0.740. The van der Waals surface area contributed by atoms with Crippen LogP contribution in [-0.4, -0.2) is 32.6 Å². The molecule has 4 heteroatoms. The fraction of sp³-hybridized carbons (Fsp3) is 0.462. The second kappa shape index (κ2) is 7.68. The second-order valence-electron chi connectivity index (χ2n) is 4.00. The van der Waals surface area contributed by atoms with Crippen molar-refractivity contribution in [3.63, 3.8) is 0 Å². The predicted molar refractivity (Wildman–Crippen MR) is 71.0 cm³/mol. The molecule has 0 aliphatic heterocycles. The molecular formula is C13H21N3O. The van der Waals surface area contributed by atoms with Gasteiger partial charge in [-0.05, 0) is 25.1 Å². The molecule has 0 heterocycles. The van der Waals surface area contributed by atoms with Crippen LogP contribution in [0, 0.1) is 0 Å². The van der Waals surface area contributed by atoms with Crippen molar-refractivity contribution in [2.75, 3.05) is 31.6 Å². The number of carbonyl (C=O) groups excluding carboxylic acids is 1. The molecule has 0 spiro atoms. The van der Waals surface area contributed by atoms with Crippen molar-refractivity contribution in [1.29, 1.82) is 0 Å². The van der Waals surface area contributed by atoms with E-state index in [1.165, 1.54) is 0 Å². The molecule has 3 N–H and O–H groups in total. The number of amides is 1. The summed E-state index contributed by atoms with van der Waals surface area (Å²) in [4.78, 5) is 13.4. The number of anilines is 1. The molecule has 0 unspecified atom stereocenters. The number of nitrogens with two attached hydrogens (primary N) is 1. The summed E-state index contributed by atoms with van der Waals surface area (Å²) in [7, 11) is 2.02. The molecule has 1 aromatic rings. The number of rotatable bonds is 7. The molecule has 0 aromatic heterocycles. The average molecular weight is 235 g/mol. The van der Waals surface area contributed by atoms with E-state index in [9.17, 15) is 4.79 Å². The van der Waals surface area contributed by atoms with Gasteiger partial charge >= 0.3 is 0 Å². The van der Waals surface area contributed by atoms with E-state index >= 15 is 0 Å². The molecule has 1 rings (SSSR count). The van der Waals surface area contributed by atoms with Crippen LogP contribution in [0.15, 0.2) is 30.3 Å². The summed E-state index contributed by atoms with van der Waals surface area (Å²) in [5, 5.41) is 2.88. The first kappa shape index (κ1) is 13.5. The molecule has 0 aliphatic carbocycles. The van der Waals surface area contributed by atoms with Crippen LogP contribution in [0.1, 0.15) is 12.8 Å². The molecule has 4 nitrogen and oxygen atoms in total. The minimum absolute atomic E-state index is 0.0805. The van der Waals surface area contributed by atoms with Gasteiger partial charge in [0, 0.05) is 32.2 Å². The van der Waals surface area contributed by atoms with E-state index in [-0.39, 0.29) is 5.91 Å². The SMILES string of the molecule is CN(CCNC(=O)CCCN)c1ccccc1. The lowest BCUT2D eigenvalue weighted by Crippen LogP contribution is -2.33. The third-order valence-corrected chi connectivity index (χ3v) is 2.57. The number of nitrogens with zero attached hydrogens (tertiary/aromatic N) is 1. The Morgan fingerprint density at radius 3 is 2.71 bits per heavy atom. The van der Waals surface area contributed by atoms with Crippen LogP contribution < -0.4 is 16.0 Å². The lowest BCUT2D eigenvalue weighted by atomic mass is 10.3. The Hall–Kier alpha value is -1.55. The summed E-state index contributed by atoms with van der Waals surface area (Å²) in [6, 6.07) is 10.1. The zero-order chi connectivity index (χ0) is 12.5. The van der Waals surface area contributed by atoms with Crippen LogP contribution in [-0.2, 0) is 4.79 Å². The first-order valence-corrected chi connectivity index (χ1v) is 5.97. The molecule has 0 bridgehead atoms. The number of carbonyl (C=O) groups is 1. The summed E-state index contributed by atoms with van der Waals surface area (Å²) >= 11 is 0. The Morgan fingerprint density at radius 2 is 2.06 bits per heavy atom. The molecule has 94 valence electrons. The molecule has 0 saturated heterocycles. The Bertz CT molecular complexity index is 327. The first-order chi connectivity index (χ1) is 8.24. The highest BCUT2D eigenvalue weighted by molar-refractivity contribution is 5.75. The number of hydrogen-bond acceptors (Lipinski definition) is 3. The smallest absolute Gasteiger partial charge is 0.220 e. The van der Waals surface area contributed by atoms with Crippen LogP contribution in [0.5, 0.6) is 0 Å². The van der Waals surface area contributed by atoms with E-state index in [0.29, 0.717) is 19.5 Å². The fourth-order valence-electron chi connectivity index (χ4n) is 1.53. The van der Waals surface area contributed by atoms with Gasteiger partial charge in [-0.1, -0.05) is 18.2 Å². The standard InChI is InChI=1S/C13H21N3O/c1-16(12-6-3-2-4-7-12)11-10-15-13(17)8-5-9-14/h2-4,6-7H,5,8-11,14H2,1H3,(H,15,17). The van der Waals surface area contributed by atoms with E-state index in [2.05, 4.69) is 22.3 Å². The molecule has 0 fully saturated rings. The zero-order valence-electron chi connectivity index (χ0n) is 10.4. The van der Waals surface area contributed by atoms with E-state index in [1.807, 2.05) is 25.2 Å². The van der Waals surface area contributed by atoms with Crippen LogP contribution >= 0.6 is 0 Å². The highest BCUT2D eigenvalue weighted by atomic mass is 16.1. The molecule has 0 aliphatic rings. The molecule has 1 amide bonds. The predicted octanol–water partition coefficient (Wildman–Crippen LogP) is 0.978. The van der Waals surface area contributed by atoms with E-state index in [4.69, 9.17) is 5.73 Å². The summed E-state index contributed by atoms with van der Waals surface area (Å²) < 4.78 is 0. The van der Waals surface area contributed by atoms with Gasteiger partial charge in [0.2, 0.25) is 5.91 Å². The molecule has 17 heavy (non-hydrogen) atoms. The number of benzene rings is 1. The fourth-order valence-corrected chi connectivity index (χ4v) is 1.53. The van der Waals surface area contributed by atoms with Crippen molar-refractivity contribution < 1.29 is 4.79 Å². The Kier molecular flexibility index (Phi) is 6.10. The van der Waals surface area contributed by atoms with Crippen LogP contribution in [0.25, 0.3) is 0 Å². The van der Waals surface area contributed by atoms with Gasteiger partial charge in [0.15, 0.2) is 0 Å². The summed E-state index contributed by atoms with van der Waals surface area (Å²) in [5.74, 6) is 0.0805. The monoisotopic (exact) mass is 235 g/mol. The zero-order valence-corrected chi connectivity index (χ0v) is 10.4. The maximum atomic E-state index is 11.3. The molecule has 0 saturated carbocycles. The molecular weight excluding hydrogens is 214 g/mol. The highest BCUT2D eigenvalue weighted by Gasteiger charge is 2.02. The van der Waals surface area contributed by atoms with E-state index in [1.54, 1.807) is 0 Å². The van der Waals surface area contributed by atoms with Gasteiger partial charge < -0.3 is 16.0 Å². The van der Waals surface area contributed by atoms with Crippen LogP contribution in [0.4, 0.5) is 5.69 Å². The molecule has 1 aromatic carbocycles. The van der Waals surface area contributed by atoms with Crippen molar-refractivity contribution in [2.24, 2.45) is 5.73 Å². The Labute approximate surface area is 103 Å². The van der Waals surface area contributed by atoms with Crippen molar-refractivity contribution >= 4 is 11.6 Å². The summed E-state index contributed by atoms with van der Waals surface area (Å²) in [6.45, 7) is 2.03. The molecule has 0 atom stereocenters. The van der Waals surface area contributed by atoms with Crippen molar-refractivity contribution in [3.05, 3.63) is 30.3 Å². The maximum absolute atomic E-state index is 11.3. The lowest BCUT2D eigenvalue weighted by molar-refractivity contribution is -0.121. The third-order valence-electron chi connectivity index (χ3n) is 2.57. The van der Waals surface area contributed by atoms with Crippen molar-refractivity contribution in [2.45, 2.75) is 12.8 Å². The second-order valence-corrected chi connectivity index (χ2v) is 4.00. The molecule has 0 radical (unpaired) electrons. The summed E-state index contributed by atoms with van der Waals surface area (Å²) in [5.41, 5.74) is 6.50. The first-order valence-electron chi connectivity index (χ1n) is 5.97. The van der Waals surface area contributed by atoms with Crippen LogP contribution in [0.3, 0.4) is 0 Å². The maximum Gasteiger partial charge on any atom is 0.220 e. The average Bonchev–Trinajstić information content (AvgIpc) is 2.37. The highest BCUT2D eigenvalue weighted by Crippen LogP contribution is 2.09. The van der Waals surface area contributed by atoms with Gasteiger partial charge in [-0.3, -0.25) is 4.79 Å². The normalized spacial score (nSPS) is 10.0. The Balaban J connectivity index is 2.20. The largest absolute Gasteiger partial charge is 0.373 e. The lowest BCUT2D eigenvalue weighted by Gasteiger charge is -2.19. The topological polar surface area (TPSA) is 58.4 Å². The van der Waals surface area contributed by atoms with Gasteiger partial charge in [0.05, 0.1) is 0 Å². The van der Waals surface area contributed by atoms with Crippen molar-refractivity contribution in [3.8, 4) is 0 Å². The number of hydrogen-bond donors (Lipinski definition) is 2. The van der Waals surface area contributed by atoms with Gasteiger partial charge in [-0.25, -0.2) is 0 Å². The minimum Gasteiger partial charge on any atom is -0.373 e. The van der Waals surface area contributed by atoms with Crippen molar-refractivity contribution in [1.82, 2.24) is 5.32 Å². The number of nitrogens with one attached hydrogen (secondary N) is 1.